The number of carbonyl (C=O) groups is 1. The van der Waals surface area contributed by atoms with E-state index in [9.17, 15) is 4.79 Å². The predicted molar refractivity (Wildman–Crippen MR) is 86.1 cm³/mol. The van der Waals surface area contributed by atoms with Gasteiger partial charge in [0.1, 0.15) is 0 Å². The largest absolute Gasteiger partial charge is 0.342 e. The first-order chi connectivity index (χ1) is 9.61. The Bertz CT molecular complexity index is 386. The maximum Gasteiger partial charge on any atom is 0.226 e. The third kappa shape index (κ3) is 2.61. The van der Waals surface area contributed by atoms with Gasteiger partial charge in [-0.25, -0.2) is 0 Å². The van der Waals surface area contributed by atoms with Crippen LogP contribution in [0.15, 0.2) is 0 Å². The Morgan fingerprint density at radius 3 is 2.14 bits per heavy atom. The highest BCUT2D eigenvalue weighted by atomic mass is 35.5. The van der Waals surface area contributed by atoms with E-state index < -0.39 is 0 Å². The van der Waals surface area contributed by atoms with Crippen molar-refractivity contribution in [1.82, 2.24) is 4.90 Å². The molecule has 2 unspecified atom stereocenters. The monoisotopic (exact) mass is 312 g/mol. The van der Waals surface area contributed by atoms with Gasteiger partial charge in [-0.2, -0.15) is 0 Å². The summed E-state index contributed by atoms with van der Waals surface area (Å²) in [5, 5.41) is 0. The lowest BCUT2D eigenvalue weighted by Gasteiger charge is -2.54. The summed E-state index contributed by atoms with van der Waals surface area (Å²) < 4.78 is 0. The molecule has 120 valence electrons. The molecule has 0 aromatic carbocycles. The van der Waals surface area contributed by atoms with Crippen LogP contribution in [-0.2, 0) is 4.79 Å². The Balaban J connectivity index is 0.00000132. The molecule has 1 heterocycles. The minimum atomic E-state index is 0. The van der Waals surface area contributed by atoms with E-state index in [4.69, 9.17) is 5.73 Å². The second-order valence-corrected chi connectivity index (χ2v) is 8.17. The Morgan fingerprint density at radius 1 is 1.05 bits per heavy atom. The van der Waals surface area contributed by atoms with E-state index in [1.807, 2.05) is 0 Å². The molecule has 0 aromatic rings. The minimum absolute atomic E-state index is 0. The van der Waals surface area contributed by atoms with E-state index in [0.717, 1.165) is 31.3 Å². The molecule has 0 radical (unpaired) electrons. The molecule has 1 aliphatic heterocycles. The Morgan fingerprint density at radius 2 is 1.62 bits per heavy atom. The van der Waals surface area contributed by atoms with Crippen LogP contribution in [0.25, 0.3) is 0 Å². The van der Waals surface area contributed by atoms with Crippen molar-refractivity contribution in [3.8, 4) is 0 Å². The molecule has 3 nitrogen and oxygen atoms in total. The minimum Gasteiger partial charge on any atom is -0.342 e. The van der Waals surface area contributed by atoms with Crippen molar-refractivity contribution < 1.29 is 4.79 Å². The van der Waals surface area contributed by atoms with Crippen LogP contribution in [0, 0.1) is 35.5 Å². The molecule has 0 spiro atoms. The van der Waals surface area contributed by atoms with Crippen LogP contribution in [0.5, 0.6) is 0 Å². The molecular formula is C17H29ClN2O. The molecule has 1 saturated heterocycles. The highest BCUT2D eigenvalue weighted by Crippen LogP contribution is 2.56. The molecule has 4 bridgehead atoms. The molecule has 4 heteroatoms. The van der Waals surface area contributed by atoms with Gasteiger partial charge in [0.25, 0.3) is 0 Å². The zero-order valence-corrected chi connectivity index (χ0v) is 13.9. The van der Waals surface area contributed by atoms with Gasteiger partial charge in [-0.1, -0.05) is 6.92 Å². The van der Waals surface area contributed by atoms with Gasteiger partial charge in [-0.15, -0.1) is 12.4 Å². The average Bonchev–Trinajstić information content (AvgIpc) is 2.40. The first kappa shape index (κ1) is 15.6. The van der Waals surface area contributed by atoms with Gasteiger partial charge in [0.05, 0.1) is 0 Å². The van der Waals surface area contributed by atoms with Gasteiger partial charge in [-0.05, 0) is 68.1 Å². The van der Waals surface area contributed by atoms with Gasteiger partial charge in [0.2, 0.25) is 5.91 Å². The summed E-state index contributed by atoms with van der Waals surface area (Å²) in [5.74, 6) is 4.64. The average molecular weight is 313 g/mol. The van der Waals surface area contributed by atoms with Crippen molar-refractivity contribution in [3.05, 3.63) is 0 Å². The molecule has 21 heavy (non-hydrogen) atoms. The summed E-state index contributed by atoms with van der Waals surface area (Å²) in [4.78, 5) is 15.2. The van der Waals surface area contributed by atoms with Gasteiger partial charge in [0, 0.05) is 25.0 Å². The van der Waals surface area contributed by atoms with Crippen molar-refractivity contribution in [2.75, 3.05) is 13.1 Å². The van der Waals surface area contributed by atoms with Crippen molar-refractivity contribution in [3.63, 3.8) is 0 Å². The van der Waals surface area contributed by atoms with E-state index in [1.54, 1.807) is 0 Å². The number of rotatable bonds is 1. The molecule has 4 aliphatic carbocycles. The predicted octanol–water partition coefficient (Wildman–Crippen LogP) is 2.68. The lowest BCUT2D eigenvalue weighted by Crippen LogP contribution is -2.55. The third-order valence-corrected chi connectivity index (χ3v) is 6.80. The lowest BCUT2D eigenvalue weighted by atomic mass is 9.51. The fourth-order valence-electron chi connectivity index (χ4n) is 5.90. The van der Waals surface area contributed by atoms with Crippen LogP contribution < -0.4 is 5.73 Å². The number of nitrogens with zero attached hydrogens (tertiary/aromatic N) is 1. The molecule has 1 amide bonds. The molecular weight excluding hydrogens is 284 g/mol. The maximum absolute atomic E-state index is 13.0. The Hall–Kier alpha value is -0.280. The number of amides is 1. The lowest BCUT2D eigenvalue weighted by molar-refractivity contribution is -0.151. The summed E-state index contributed by atoms with van der Waals surface area (Å²) in [6, 6.07) is 0.289. The normalized spacial score (nSPS) is 48.1. The fourth-order valence-corrected chi connectivity index (χ4v) is 5.90. The highest BCUT2D eigenvalue weighted by Gasteiger charge is 2.51. The summed E-state index contributed by atoms with van der Waals surface area (Å²) in [6.07, 6.45) is 7.81. The number of hydrogen-bond acceptors (Lipinski definition) is 2. The number of halogens is 1. The van der Waals surface area contributed by atoms with Crippen molar-refractivity contribution in [2.45, 2.75) is 51.5 Å². The standard InChI is InChI=1S/C17H28N2O.ClH/c1-10-9-19(3-2-15(10)18)17(20)16-13-5-11-4-12(7-13)8-14(16)6-11;/h10-16H,2-9,18H2,1H3;1H. The molecule has 5 aliphatic rings. The van der Waals surface area contributed by atoms with E-state index in [1.165, 1.54) is 32.1 Å². The Kier molecular flexibility index (Phi) is 4.26. The van der Waals surface area contributed by atoms with E-state index >= 15 is 0 Å². The summed E-state index contributed by atoms with van der Waals surface area (Å²) >= 11 is 0. The molecule has 5 fully saturated rings. The summed E-state index contributed by atoms with van der Waals surface area (Å²) in [5.41, 5.74) is 6.10. The Labute approximate surface area is 134 Å². The van der Waals surface area contributed by atoms with Crippen molar-refractivity contribution in [2.24, 2.45) is 41.2 Å². The second kappa shape index (κ2) is 5.73. The molecule has 0 aromatic heterocycles. The number of hydrogen-bond donors (Lipinski definition) is 1. The quantitative estimate of drug-likeness (QED) is 0.809. The molecule has 5 rings (SSSR count). The van der Waals surface area contributed by atoms with E-state index in [2.05, 4.69) is 11.8 Å². The maximum atomic E-state index is 13.0. The van der Waals surface area contributed by atoms with Crippen LogP contribution in [0.4, 0.5) is 0 Å². The van der Waals surface area contributed by atoms with Crippen LogP contribution in [0.2, 0.25) is 0 Å². The van der Waals surface area contributed by atoms with Gasteiger partial charge in [0.15, 0.2) is 0 Å². The van der Waals surface area contributed by atoms with Crippen LogP contribution in [0.1, 0.15) is 45.4 Å². The van der Waals surface area contributed by atoms with Gasteiger partial charge in [-0.3, -0.25) is 4.79 Å². The summed E-state index contributed by atoms with van der Waals surface area (Å²) in [6.45, 7) is 3.98. The number of piperidine rings is 1. The first-order valence-corrected chi connectivity index (χ1v) is 8.66. The van der Waals surface area contributed by atoms with Crippen molar-refractivity contribution >= 4 is 18.3 Å². The molecule has 4 saturated carbocycles. The van der Waals surface area contributed by atoms with Crippen LogP contribution in [0.3, 0.4) is 0 Å². The number of nitrogens with two attached hydrogens (primary N) is 1. The third-order valence-electron chi connectivity index (χ3n) is 6.80. The topological polar surface area (TPSA) is 46.3 Å². The SMILES string of the molecule is CC1CN(C(=O)C2C3CC4CC(C3)CC2C4)CCC1N.Cl. The van der Waals surface area contributed by atoms with Crippen LogP contribution >= 0.6 is 12.4 Å². The number of carbonyl (C=O) groups excluding carboxylic acids is 1. The van der Waals surface area contributed by atoms with E-state index in [-0.39, 0.29) is 18.4 Å². The number of likely N-dealkylation sites (tertiary alicyclic amines) is 1. The van der Waals surface area contributed by atoms with Crippen molar-refractivity contribution in [1.29, 1.82) is 0 Å². The van der Waals surface area contributed by atoms with Crippen LogP contribution in [-0.4, -0.2) is 29.9 Å². The van der Waals surface area contributed by atoms with Gasteiger partial charge >= 0.3 is 0 Å². The fraction of sp³-hybridized carbons (Fsp3) is 0.941. The first-order valence-electron chi connectivity index (χ1n) is 8.66. The zero-order valence-electron chi connectivity index (χ0n) is 13.0. The van der Waals surface area contributed by atoms with E-state index in [0.29, 0.717) is 29.6 Å². The molecule has 2 N–H and O–H groups in total. The molecule has 2 atom stereocenters. The van der Waals surface area contributed by atoms with Gasteiger partial charge < -0.3 is 10.6 Å². The summed E-state index contributed by atoms with van der Waals surface area (Å²) in [7, 11) is 0. The highest BCUT2D eigenvalue weighted by molar-refractivity contribution is 5.85. The second-order valence-electron chi connectivity index (χ2n) is 8.17. The smallest absolute Gasteiger partial charge is 0.226 e. The zero-order chi connectivity index (χ0) is 13.9.